The molecule has 18 heavy (non-hydrogen) atoms. The van der Waals surface area contributed by atoms with Crippen molar-refractivity contribution in [3.05, 3.63) is 24.2 Å². The first-order chi connectivity index (χ1) is 8.35. The maximum Gasteiger partial charge on any atom is 0.156 e. The Balaban J connectivity index is 2.47. The van der Waals surface area contributed by atoms with Gasteiger partial charge >= 0.3 is 0 Å². The van der Waals surface area contributed by atoms with Gasteiger partial charge in [-0.3, -0.25) is 0 Å². The normalized spacial score (nSPS) is 15.8. The summed E-state index contributed by atoms with van der Waals surface area (Å²) in [5.41, 5.74) is 0. The Morgan fingerprint density at radius 2 is 1.94 bits per heavy atom. The lowest BCUT2D eigenvalue weighted by molar-refractivity contribution is 0.479. The number of rotatable bonds is 7. The van der Waals surface area contributed by atoms with Crippen molar-refractivity contribution in [3.63, 3.8) is 0 Å². The summed E-state index contributed by atoms with van der Waals surface area (Å²) in [5.74, 6) is 0.957. The van der Waals surface area contributed by atoms with Gasteiger partial charge in [0.2, 0.25) is 0 Å². The molecule has 0 aliphatic carbocycles. The lowest BCUT2D eigenvalue weighted by Crippen LogP contribution is -2.38. The molecule has 0 amide bonds. The van der Waals surface area contributed by atoms with E-state index in [0.29, 0.717) is 13.1 Å². The summed E-state index contributed by atoms with van der Waals surface area (Å²) in [7, 11) is -3.07. The molecule has 4 nitrogen and oxygen atoms in total. The lowest BCUT2D eigenvalue weighted by Gasteiger charge is -2.21. The van der Waals surface area contributed by atoms with Gasteiger partial charge < -0.3 is 9.73 Å². The highest BCUT2D eigenvalue weighted by Gasteiger charge is 2.29. The average molecular weight is 273 g/mol. The predicted molar refractivity (Wildman–Crippen MR) is 73.1 cm³/mol. The molecule has 0 fully saturated rings. The van der Waals surface area contributed by atoms with E-state index in [0.717, 1.165) is 5.76 Å². The minimum atomic E-state index is -3.07. The summed E-state index contributed by atoms with van der Waals surface area (Å²) in [6, 6.07) is 3.68. The number of sulfone groups is 1. The first-order valence-electron chi connectivity index (χ1n) is 6.31. The summed E-state index contributed by atoms with van der Waals surface area (Å²) in [6.45, 7) is 8.41. The van der Waals surface area contributed by atoms with Gasteiger partial charge in [0.1, 0.15) is 5.76 Å². The van der Waals surface area contributed by atoms with Gasteiger partial charge in [-0.05, 0) is 31.9 Å². The second-order valence-electron chi connectivity index (χ2n) is 5.06. The monoisotopic (exact) mass is 273 g/mol. The molecule has 0 saturated heterocycles. The second kappa shape index (κ2) is 6.38. The molecule has 1 heterocycles. The molecular formula is C13H23NO3S. The summed E-state index contributed by atoms with van der Waals surface area (Å²) >= 11 is 0. The molecule has 0 aliphatic rings. The zero-order valence-electron chi connectivity index (χ0n) is 11.5. The number of nitrogens with one attached hydrogen (secondary N) is 1. The van der Waals surface area contributed by atoms with Crippen molar-refractivity contribution in [2.45, 2.75) is 44.7 Å². The molecule has 0 spiro atoms. The van der Waals surface area contributed by atoms with Gasteiger partial charge in [-0.1, -0.05) is 13.8 Å². The zero-order chi connectivity index (χ0) is 13.8. The molecule has 0 bridgehead atoms. The van der Waals surface area contributed by atoms with Crippen LogP contribution in [0.15, 0.2) is 22.8 Å². The van der Waals surface area contributed by atoms with E-state index in [-0.39, 0.29) is 16.4 Å². The summed E-state index contributed by atoms with van der Waals surface area (Å²) < 4.78 is 29.6. The third-order valence-corrected chi connectivity index (χ3v) is 6.20. The Bertz CT molecular complexity index is 437. The average Bonchev–Trinajstić information content (AvgIpc) is 2.80. The maximum absolute atomic E-state index is 12.2. The molecule has 0 saturated carbocycles. The molecule has 0 aliphatic heterocycles. The molecule has 0 radical (unpaired) electrons. The van der Waals surface area contributed by atoms with Crippen LogP contribution in [0.5, 0.6) is 0 Å². The van der Waals surface area contributed by atoms with Gasteiger partial charge in [-0.2, -0.15) is 0 Å². The van der Waals surface area contributed by atoms with Crippen LogP contribution in [0.4, 0.5) is 0 Å². The highest BCUT2D eigenvalue weighted by molar-refractivity contribution is 7.92. The second-order valence-corrected chi connectivity index (χ2v) is 7.79. The fraction of sp³-hybridized carbons (Fsp3) is 0.692. The van der Waals surface area contributed by atoms with Crippen LogP contribution in [0.2, 0.25) is 0 Å². The van der Waals surface area contributed by atoms with E-state index in [4.69, 9.17) is 4.42 Å². The van der Waals surface area contributed by atoms with Crippen molar-refractivity contribution < 1.29 is 12.8 Å². The van der Waals surface area contributed by atoms with Crippen LogP contribution < -0.4 is 5.32 Å². The van der Waals surface area contributed by atoms with E-state index in [2.05, 4.69) is 5.32 Å². The van der Waals surface area contributed by atoms with Crippen molar-refractivity contribution in [1.29, 1.82) is 0 Å². The molecule has 2 atom stereocenters. The SMILES string of the molecule is CC(C)C(C)S(=O)(=O)C(C)CNCc1ccco1. The van der Waals surface area contributed by atoms with Gasteiger partial charge in [-0.15, -0.1) is 0 Å². The fourth-order valence-corrected chi connectivity index (χ4v) is 3.52. The highest BCUT2D eigenvalue weighted by atomic mass is 32.2. The Morgan fingerprint density at radius 1 is 1.28 bits per heavy atom. The first kappa shape index (κ1) is 15.2. The Kier molecular flexibility index (Phi) is 5.41. The minimum absolute atomic E-state index is 0.141. The van der Waals surface area contributed by atoms with Gasteiger partial charge in [0.25, 0.3) is 0 Å². The maximum atomic E-state index is 12.2. The molecular weight excluding hydrogens is 250 g/mol. The minimum Gasteiger partial charge on any atom is -0.468 e. The van der Waals surface area contributed by atoms with Gasteiger partial charge in [-0.25, -0.2) is 8.42 Å². The molecule has 1 aromatic heterocycles. The number of furan rings is 1. The number of hydrogen-bond donors (Lipinski definition) is 1. The predicted octanol–water partition coefficient (Wildman–Crippen LogP) is 2.22. The van der Waals surface area contributed by atoms with Gasteiger partial charge in [0.05, 0.1) is 23.3 Å². The van der Waals surface area contributed by atoms with E-state index < -0.39 is 9.84 Å². The molecule has 0 aromatic carbocycles. The van der Waals surface area contributed by atoms with E-state index >= 15 is 0 Å². The van der Waals surface area contributed by atoms with Gasteiger partial charge in [0.15, 0.2) is 9.84 Å². The van der Waals surface area contributed by atoms with Crippen LogP contribution in [0, 0.1) is 5.92 Å². The van der Waals surface area contributed by atoms with Crippen molar-refractivity contribution >= 4 is 9.84 Å². The van der Waals surface area contributed by atoms with Crippen LogP contribution in [0.3, 0.4) is 0 Å². The molecule has 2 unspecified atom stereocenters. The third kappa shape index (κ3) is 3.85. The Morgan fingerprint density at radius 3 is 2.44 bits per heavy atom. The smallest absolute Gasteiger partial charge is 0.156 e. The van der Waals surface area contributed by atoms with E-state index in [9.17, 15) is 8.42 Å². The standard InChI is InChI=1S/C13H23NO3S/c1-10(2)12(4)18(15,16)11(3)8-14-9-13-6-5-7-17-13/h5-7,10-12,14H,8-9H2,1-4H3. The molecule has 104 valence electrons. The summed E-state index contributed by atoms with van der Waals surface area (Å²) in [4.78, 5) is 0. The van der Waals surface area contributed by atoms with Crippen molar-refractivity contribution in [1.82, 2.24) is 5.32 Å². The third-order valence-electron chi connectivity index (χ3n) is 3.33. The Hall–Kier alpha value is -0.810. The van der Waals surface area contributed by atoms with E-state index in [1.54, 1.807) is 20.1 Å². The van der Waals surface area contributed by atoms with Gasteiger partial charge in [0, 0.05) is 6.54 Å². The molecule has 1 aromatic rings. The number of hydrogen-bond acceptors (Lipinski definition) is 4. The molecule has 1 N–H and O–H groups in total. The van der Waals surface area contributed by atoms with Crippen LogP contribution >= 0.6 is 0 Å². The van der Waals surface area contributed by atoms with Crippen molar-refractivity contribution in [2.24, 2.45) is 5.92 Å². The fourth-order valence-electron chi connectivity index (χ4n) is 1.67. The summed E-state index contributed by atoms with van der Waals surface area (Å²) in [5, 5.41) is 2.42. The highest BCUT2D eigenvalue weighted by Crippen LogP contribution is 2.16. The van der Waals surface area contributed by atoms with Crippen LogP contribution in [-0.2, 0) is 16.4 Å². The van der Waals surface area contributed by atoms with Crippen molar-refractivity contribution in [2.75, 3.05) is 6.54 Å². The first-order valence-corrected chi connectivity index (χ1v) is 7.92. The van der Waals surface area contributed by atoms with Crippen molar-refractivity contribution in [3.8, 4) is 0 Å². The largest absolute Gasteiger partial charge is 0.468 e. The Labute approximate surface area is 110 Å². The van der Waals surface area contributed by atoms with Crippen LogP contribution in [0.25, 0.3) is 0 Å². The topological polar surface area (TPSA) is 59.3 Å². The molecule has 5 heteroatoms. The van der Waals surface area contributed by atoms with E-state index in [1.165, 1.54) is 0 Å². The quantitative estimate of drug-likeness (QED) is 0.827. The lowest BCUT2D eigenvalue weighted by atomic mass is 10.2. The van der Waals surface area contributed by atoms with Crippen LogP contribution in [-0.4, -0.2) is 25.5 Å². The zero-order valence-corrected chi connectivity index (χ0v) is 12.3. The van der Waals surface area contributed by atoms with Crippen LogP contribution in [0.1, 0.15) is 33.5 Å². The van der Waals surface area contributed by atoms with E-state index in [1.807, 2.05) is 26.0 Å². The molecule has 1 rings (SSSR count). The summed E-state index contributed by atoms with van der Waals surface area (Å²) in [6.07, 6.45) is 1.61.